The molecule has 0 heterocycles. The SMILES string of the molecule is COc1ccc2cc([C@H](C)C(=O)N[C@@H]3CCCC[C@H]3C)ccc2c1. The number of hydrogen-bond acceptors (Lipinski definition) is 2. The molecule has 3 nitrogen and oxygen atoms in total. The van der Waals surface area contributed by atoms with Gasteiger partial charge in [-0.25, -0.2) is 0 Å². The third kappa shape index (κ3) is 3.55. The lowest BCUT2D eigenvalue weighted by molar-refractivity contribution is -0.123. The van der Waals surface area contributed by atoms with Crippen LogP contribution in [-0.4, -0.2) is 19.1 Å². The monoisotopic (exact) mass is 325 g/mol. The van der Waals surface area contributed by atoms with Gasteiger partial charge in [-0.05, 0) is 54.2 Å². The van der Waals surface area contributed by atoms with Crippen LogP contribution in [0.5, 0.6) is 5.75 Å². The number of rotatable bonds is 4. The van der Waals surface area contributed by atoms with E-state index in [-0.39, 0.29) is 11.8 Å². The number of carbonyl (C=O) groups excluding carboxylic acids is 1. The zero-order valence-corrected chi connectivity index (χ0v) is 14.8. The maximum absolute atomic E-state index is 12.7. The molecule has 128 valence electrons. The Morgan fingerprint density at radius 2 is 1.83 bits per heavy atom. The zero-order valence-electron chi connectivity index (χ0n) is 14.8. The van der Waals surface area contributed by atoms with Crippen molar-refractivity contribution in [1.82, 2.24) is 5.32 Å². The number of ether oxygens (including phenoxy) is 1. The highest BCUT2D eigenvalue weighted by Crippen LogP contribution is 2.27. The summed E-state index contributed by atoms with van der Waals surface area (Å²) in [6.45, 7) is 4.24. The highest BCUT2D eigenvalue weighted by Gasteiger charge is 2.25. The number of amides is 1. The van der Waals surface area contributed by atoms with Crippen LogP contribution < -0.4 is 10.1 Å². The molecule has 1 fully saturated rings. The van der Waals surface area contributed by atoms with Gasteiger partial charge in [-0.15, -0.1) is 0 Å². The second-order valence-corrected chi connectivity index (χ2v) is 7.07. The van der Waals surface area contributed by atoms with Crippen LogP contribution in [0.2, 0.25) is 0 Å². The van der Waals surface area contributed by atoms with E-state index in [9.17, 15) is 4.79 Å². The third-order valence-electron chi connectivity index (χ3n) is 5.40. The van der Waals surface area contributed by atoms with E-state index >= 15 is 0 Å². The van der Waals surface area contributed by atoms with E-state index in [4.69, 9.17) is 4.74 Å². The summed E-state index contributed by atoms with van der Waals surface area (Å²) in [7, 11) is 1.67. The molecule has 1 aliphatic carbocycles. The van der Waals surface area contributed by atoms with Crippen molar-refractivity contribution in [2.75, 3.05) is 7.11 Å². The van der Waals surface area contributed by atoms with Crippen LogP contribution >= 0.6 is 0 Å². The molecule has 0 unspecified atom stereocenters. The van der Waals surface area contributed by atoms with E-state index in [1.54, 1.807) is 7.11 Å². The molecule has 0 bridgehead atoms. The van der Waals surface area contributed by atoms with Crippen molar-refractivity contribution < 1.29 is 9.53 Å². The fourth-order valence-electron chi connectivity index (χ4n) is 3.63. The summed E-state index contributed by atoms with van der Waals surface area (Å²) >= 11 is 0. The first-order valence-corrected chi connectivity index (χ1v) is 8.96. The molecular formula is C21H27NO2. The summed E-state index contributed by atoms with van der Waals surface area (Å²) in [4.78, 5) is 12.7. The van der Waals surface area contributed by atoms with E-state index in [0.29, 0.717) is 12.0 Å². The van der Waals surface area contributed by atoms with Crippen molar-refractivity contribution in [3.8, 4) is 5.75 Å². The van der Waals surface area contributed by atoms with Gasteiger partial charge in [-0.3, -0.25) is 4.79 Å². The Hall–Kier alpha value is -2.03. The second-order valence-electron chi connectivity index (χ2n) is 7.07. The molecule has 0 aliphatic heterocycles. The molecule has 3 heteroatoms. The molecule has 0 aromatic heterocycles. The lowest BCUT2D eigenvalue weighted by Crippen LogP contribution is -2.42. The number of benzene rings is 2. The maximum atomic E-state index is 12.7. The molecule has 3 rings (SSSR count). The normalized spacial score (nSPS) is 22.1. The first-order chi connectivity index (χ1) is 11.6. The van der Waals surface area contributed by atoms with E-state index in [2.05, 4.69) is 30.4 Å². The fourth-order valence-corrected chi connectivity index (χ4v) is 3.63. The van der Waals surface area contributed by atoms with Gasteiger partial charge in [-0.1, -0.05) is 44.0 Å². The van der Waals surface area contributed by atoms with E-state index in [0.717, 1.165) is 28.5 Å². The highest BCUT2D eigenvalue weighted by atomic mass is 16.5. The Bertz CT molecular complexity index is 725. The Balaban J connectivity index is 1.74. The van der Waals surface area contributed by atoms with E-state index < -0.39 is 0 Å². The van der Waals surface area contributed by atoms with Gasteiger partial charge in [0.15, 0.2) is 0 Å². The average Bonchev–Trinajstić information content (AvgIpc) is 2.62. The second kappa shape index (κ2) is 7.25. The first kappa shape index (κ1) is 16.8. The predicted molar refractivity (Wildman–Crippen MR) is 98.5 cm³/mol. The van der Waals surface area contributed by atoms with Crippen molar-refractivity contribution in [2.45, 2.75) is 51.5 Å². The molecule has 1 amide bonds. The molecule has 1 aliphatic rings. The average molecular weight is 325 g/mol. The highest BCUT2D eigenvalue weighted by molar-refractivity contribution is 5.88. The van der Waals surface area contributed by atoms with Crippen molar-refractivity contribution in [2.24, 2.45) is 5.92 Å². The molecule has 1 N–H and O–H groups in total. The van der Waals surface area contributed by atoms with Gasteiger partial charge >= 0.3 is 0 Å². The van der Waals surface area contributed by atoms with Crippen LogP contribution in [0.1, 0.15) is 51.0 Å². The Morgan fingerprint density at radius 3 is 2.58 bits per heavy atom. The number of hydrogen-bond donors (Lipinski definition) is 1. The summed E-state index contributed by atoms with van der Waals surface area (Å²) in [5.74, 6) is 1.44. The van der Waals surface area contributed by atoms with Gasteiger partial charge in [0.2, 0.25) is 5.91 Å². The molecular weight excluding hydrogens is 298 g/mol. The van der Waals surface area contributed by atoms with Gasteiger partial charge in [0.1, 0.15) is 5.75 Å². The Morgan fingerprint density at radius 1 is 1.12 bits per heavy atom. The van der Waals surface area contributed by atoms with Gasteiger partial charge < -0.3 is 10.1 Å². The molecule has 0 spiro atoms. The van der Waals surface area contributed by atoms with E-state index in [1.165, 1.54) is 19.3 Å². The van der Waals surface area contributed by atoms with Crippen molar-refractivity contribution >= 4 is 16.7 Å². The number of carbonyl (C=O) groups is 1. The summed E-state index contributed by atoms with van der Waals surface area (Å²) in [6.07, 6.45) is 4.84. The van der Waals surface area contributed by atoms with Gasteiger partial charge in [0, 0.05) is 6.04 Å². The minimum atomic E-state index is -0.134. The Labute approximate surface area is 144 Å². The molecule has 0 radical (unpaired) electrons. The van der Waals surface area contributed by atoms with Crippen LogP contribution in [0.15, 0.2) is 36.4 Å². The van der Waals surface area contributed by atoms with Crippen LogP contribution in [0.3, 0.4) is 0 Å². The van der Waals surface area contributed by atoms with E-state index in [1.807, 2.05) is 25.1 Å². The number of nitrogens with one attached hydrogen (secondary N) is 1. The summed E-state index contributed by atoms with van der Waals surface area (Å²) in [5.41, 5.74) is 1.06. The largest absolute Gasteiger partial charge is 0.497 e. The summed E-state index contributed by atoms with van der Waals surface area (Å²) < 4.78 is 5.27. The van der Waals surface area contributed by atoms with Gasteiger partial charge in [0.05, 0.1) is 13.0 Å². The van der Waals surface area contributed by atoms with Crippen molar-refractivity contribution in [3.63, 3.8) is 0 Å². The fraction of sp³-hybridized carbons (Fsp3) is 0.476. The molecule has 3 atom stereocenters. The third-order valence-corrected chi connectivity index (χ3v) is 5.40. The number of fused-ring (bicyclic) bond motifs is 1. The molecule has 1 saturated carbocycles. The lowest BCUT2D eigenvalue weighted by atomic mass is 9.85. The minimum absolute atomic E-state index is 0.134. The van der Waals surface area contributed by atoms with Crippen molar-refractivity contribution in [1.29, 1.82) is 0 Å². The maximum Gasteiger partial charge on any atom is 0.227 e. The number of methoxy groups -OCH3 is 1. The van der Waals surface area contributed by atoms with Gasteiger partial charge in [-0.2, -0.15) is 0 Å². The standard InChI is InChI=1S/C21H27NO2/c1-14-6-4-5-7-20(14)22-21(23)15(2)16-8-9-18-13-19(24-3)11-10-17(18)12-16/h8-15,20H,4-7H2,1-3H3,(H,22,23)/t14-,15+,20-/m1/s1. The van der Waals surface area contributed by atoms with Crippen LogP contribution in [-0.2, 0) is 4.79 Å². The Kier molecular flexibility index (Phi) is 5.08. The smallest absolute Gasteiger partial charge is 0.227 e. The quantitative estimate of drug-likeness (QED) is 0.889. The molecule has 2 aromatic carbocycles. The predicted octanol–water partition coefficient (Wildman–Crippen LogP) is 4.65. The van der Waals surface area contributed by atoms with Gasteiger partial charge in [0.25, 0.3) is 0 Å². The van der Waals surface area contributed by atoms with Crippen LogP contribution in [0.25, 0.3) is 10.8 Å². The summed E-state index contributed by atoms with van der Waals surface area (Å²) in [5, 5.41) is 5.54. The molecule has 2 aromatic rings. The topological polar surface area (TPSA) is 38.3 Å². The summed E-state index contributed by atoms with van der Waals surface area (Å²) in [6, 6.07) is 12.6. The zero-order chi connectivity index (χ0) is 17.1. The van der Waals surface area contributed by atoms with Crippen molar-refractivity contribution in [3.05, 3.63) is 42.0 Å². The minimum Gasteiger partial charge on any atom is -0.497 e. The molecule has 0 saturated heterocycles. The van der Waals surface area contributed by atoms with Crippen LogP contribution in [0.4, 0.5) is 0 Å². The van der Waals surface area contributed by atoms with Crippen LogP contribution in [0, 0.1) is 5.92 Å². The lowest BCUT2D eigenvalue weighted by Gasteiger charge is -2.30. The molecule has 24 heavy (non-hydrogen) atoms. The first-order valence-electron chi connectivity index (χ1n) is 8.96.